The first-order valence-corrected chi connectivity index (χ1v) is 8.60. The van der Waals surface area contributed by atoms with Crippen molar-refractivity contribution in [1.82, 2.24) is 4.90 Å². The number of hydrogen-bond donors (Lipinski definition) is 0. The van der Waals surface area contributed by atoms with Crippen LogP contribution in [0.1, 0.15) is 11.1 Å². The van der Waals surface area contributed by atoms with Crippen molar-refractivity contribution in [3.8, 4) is 0 Å². The van der Waals surface area contributed by atoms with Crippen LogP contribution >= 0.6 is 23.2 Å². The molecule has 2 heterocycles. The van der Waals surface area contributed by atoms with Gasteiger partial charge in [-0.1, -0.05) is 59.6 Å². The first-order chi connectivity index (χ1) is 11.2. The molecule has 2 bridgehead atoms. The molecule has 3 heteroatoms. The second-order valence-electron chi connectivity index (χ2n) is 6.11. The summed E-state index contributed by atoms with van der Waals surface area (Å²) < 4.78 is 0. The Bertz CT molecular complexity index is 790. The topological polar surface area (TPSA) is 3.24 Å². The van der Waals surface area contributed by atoms with Gasteiger partial charge in [-0.25, -0.2) is 0 Å². The molecule has 23 heavy (non-hydrogen) atoms. The van der Waals surface area contributed by atoms with Crippen molar-refractivity contribution in [1.29, 1.82) is 0 Å². The van der Waals surface area contributed by atoms with E-state index >= 15 is 0 Å². The fraction of sp³-hybridized carbons (Fsp3) is 0.200. The average molecular weight is 342 g/mol. The van der Waals surface area contributed by atoms with Crippen LogP contribution in [0.15, 0.2) is 60.7 Å². The van der Waals surface area contributed by atoms with Crippen LogP contribution in [0.25, 0.3) is 11.1 Å². The second kappa shape index (κ2) is 6.16. The molecule has 0 fully saturated rings. The van der Waals surface area contributed by atoms with Gasteiger partial charge < -0.3 is 0 Å². The molecule has 0 aliphatic carbocycles. The predicted octanol–water partition coefficient (Wildman–Crippen LogP) is 5.41. The summed E-state index contributed by atoms with van der Waals surface area (Å²) in [5.74, 6) is 0.386. The molecule has 0 spiro atoms. The van der Waals surface area contributed by atoms with Gasteiger partial charge in [0.1, 0.15) is 0 Å². The first-order valence-electron chi connectivity index (χ1n) is 7.85. The van der Waals surface area contributed by atoms with Gasteiger partial charge in [-0.3, -0.25) is 4.90 Å². The maximum atomic E-state index is 6.20. The molecule has 116 valence electrons. The third kappa shape index (κ3) is 2.97. The molecule has 0 amide bonds. The zero-order valence-corrected chi connectivity index (χ0v) is 14.2. The summed E-state index contributed by atoms with van der Waals surface area (Å²) in [6, 6.07) is 16.4. The van der Waals surface area contributed by atoms with Crippen LogP contribution in [0.3, 0.4) is 0 Å². The number of rotatable bonds is 2. The Morgan fingerprint density at radius 1 is 0.783 bits per heavy atom. The highest BCUT2D eigenvalue weighted by Gasteiger charge is 2.30. The first kappa shape index (κ1) is 15.0. The van der Waals surface area contributed by atoms with Gasteiger partial charge >= 0.3 is 0 Å². The third-order valence-electron chi connectivity index (χ3n) is 4.67. The number of nitrogens with zero attached hydrogens (tertiary/aromatic N) is 1. The van der Waals surface area contributed by atoms with Crippen molar-refractivity contribution in [2.24, 2.45) is 5.92 Å². The van der Waals surface area contributed by atoms with Crippen molar-refractivity contribution >= 4 is 34.3 Å². The number of halogens is 2. The summed E-state index contributed by atoms with van der Waals surface area (Å²) in [5.41, 5.74) is 5.26. The monoisotopic (exact) mass is 341 g/mol. The quantitative estimate of drug-likeness (QED) is 0.706. The third-order valence-corrected chi connectivity index (χ3v) is 5.15. The van der Waals surface area contributed by atoms with Crippen molar-refractivity contribution < 1.29 is 0 Å². The normalized spacial score (nSPS) is 23.2. The molecule has 0 saturated heterocycles. The number of fused-ring (bicyclic) bond motifs is 2. The lowest BCUT2D eigenvalue weighted by Gasteiger charge is -2.38. The van der Waals surface area contributed by atoms with Gasteiger partial charge in [0.25, 0.3) is 0 Å². The van der Waals surface area contributed by atoms with Crippen molar-refractivity contribution in [2.75, 3.05) is 19.6 Å². The molecule has 0 N–H and O–H groups in total. The molecule has 4 rings (SSSR count). The van der Waals surface area contributed by atoms with Crippen LogP contribution in [-0.4, -0.2) is 24.5 Å². The van der Waals surface area contributed by atoms with E-state index in [0.29, 0.717) is 5.92 Å². The van der Waals surface area contributed by atoms with Gasteiger partial charge in [-0.2, -0.15) is 0 Å². The molecule has 2 aromatic rings. The highest BCUT2D eigenvalue weighted by molar-refractivity contribution is 6.31. The maximum absolute atomic E-state index is 6.20. The summed E-state index contributed by atoms with van der Waals surface area (Å²) >= 11 is 12.2. The van der Waals surface area contributed by atoms with Gasteiger partial charge in [0.05, 0.1) is 0 Å². The van der Waals surface area contributed by atoms with E-state index < -0.39 is 0 Å². The van der Waals surface area contributed by atoms with Crippen LogP contribution in [0.2, 0.25) is 10.0 Å². The second-order valence-corrected chi connectivity index (χ2v) is 6.98. The highest BCUT2D eigenvalue weighted by atomic mass is 35.5. The van der Waals surface area contributed by atoms with Gasteiger partial charge in [-0.05, 0) is 46.5 Å². The van der Waals surface area contributed by atoms with Crippen LogP contribution in [0.4, 0.5) is 0 Å². The summed E-state index contributed by atoms with van der Waals surface area (Å²) in [5, 5.41) is 1.57. The fourth-order valence-electron chi connectivity index (χ4n) is 3.53. The summed E-state index contributed by atoms with van der Waals surface area (Å²) in [6.07, 6.45) is 4.71. The minimum Gasteiger partial charge on any atom is -0.295 e. The van der Waals surface area contributed by atoms with E-state index in [1.165, 1.54) is 22.3 Å². The largest absolute Gasteiger partial charge is 0.295 e. The van der Waals surface area contributed by atoms with E-state index in [2.05, 4.69) is 41.3 Å². The zero-order chi connectivity index (χ0) is 15.8. The van der Waals surface area contributed by atoms with E-state index in [1.54, 1.807) is 0 Å². The van der Waals surface area contributed by atoms with Gasteiger partial charge in [0.15, 0.2) is 0 Å². The molecule has 2 aromatic carbocycles. The van der Waals surface area contributed by atoms with Crippen molar-refractivity contribution in [3.63, 3.8) is 0 Å². The maximum Gasteiger partial charge on any atom is 0.0412 e. The molecule has 0 aromatic heterocycles. The highest BCUT2D eigenvalue weighted by Crippen LogP contribution is 2.40. The van der Waals surface area contributed by atoms with E-state index in [4.69, 9.17) is 23.2 Å². The lowest BCUT2D eigenvalue weighted by atomic mass is 9.79. The summed E-state index contributed by atoms with van der Waals surface area (Å²) in [6.45, 7) is 3.07. The van der Waals surface area contributed by atoms with Crippen LogP contribution in [0.5, 0.6) is 0 Å². The lowest BCUT2D eigenvalue weighted by molar-refractivity contribution is 0.302. The lowest BCUT2D eigenvalue weighted by Crippen LogP contribution is -2.38. The Labute approximate surface area is 146 Å². The molecule has 0 saturated carbocycles. The number of hydrogen-bond acceptors (Lipinski definition) is 1. The Kier molecular flexibility index (Phi) is 4.02. The van der Waals surface area contributed by atoms with Gasteiger partial charge in [0.2, 0.25) is 0 Å². The van der Waals surface area contributed by atoms with Crippen LogP contribution in [0, 0.1) is 5.92 Å². The molecule has 2 aliphatic heterocycles. The molecule has 2 unspecified atom stereocenters. The van der Waals surface area contributed by atoms with Crippen LogP contribution < -0.4 is 0 Å². The smallest absolute Gasteiger partial charge is 0.0412 e. The average Bonchev–Trinajstić information content (AvgIpc) is 2.56. The zero-order valence-electron chi connectivity index (χ0n) is 12.7. The van der Waals surface area contributed by atoms with E-state index in [1.807, 2.05) is 24.3 Å². The molecule has 1 nitrogen and oxygen atoms in total. The Hall–Kier alpha value is -1.54. The van der Waals surface area contributed by atoms with Crippen molar-refractivity contribution in [3.05, 3.63) is 81.9 Å². The summed E-state index contributed by atoms with van der Waals surface area (Å²) in [4.78, 5) is 2.47. The van der Waals surface area contributed by atoms with Crippen LogP contribution in [-0.2, 0) is 0 Å². The molecule has 2 aliphatic rings. The molecular formula is C20H17Cl2N. The fourth-order valence-corrected chi connectivity index (χ4v) is 3.85. The summed E-state index contributed by atoms with van der Waals surface area (Å²) in [7, 11) is 0. The number of benzene rings is 2. The minimum atomic E-state index is 0.386. The van der Waals surface area contributed by atoms with Gasteiger partial charge in [0, 0.05) is 35.6 Å². The van der Waals surface area contributed by atoms with Gasteiger partial charge in [-0.15, -0.1) is 0 Å². The van der Waals surface area contributed by atoms with Crippen molar-refractivity contribution in [2.45, 2.75) is 0 Å². The standard InChI is InChI=1S/C20H17Cl2N/c21-16-6-4-14(5-7-16)18-8-10-23-11-9-19(20(18)13-23)15-2-1-3-17(22)12-15/h1-9,12,20H,10-11,13H2. The predicted molar refractivity (Wildman–Crippen MR) is 98.8 cm³/mol. The SMILES string of the molecule is Clc1ccc(C2=CCN3CC=C(c4cccc(Cl)c4)C2C3)cc1. The van der Waals surface area contributed by atoms with E-state index in [-0.39, 0.29) is 0 Å². The molecular weight excluding hydrogens is 325 g/mol. The molecule has 0 radical (unpaired) electrons. The van der Waals surface area contributed by atoms with E-state index in [9.17, 15) is 0 Å². The Morgan fingerprint density at radius 3 is 2.17 bits per heavy atom. The Morgan fingerprint density at radius 2 is 1.48 bits per heavy atom. The van der Waals surface area contributed by atoms with E-state index in [0.717, 1.165) is 29.7 Å². The minimum absolute atomic E-state index is 0.386. The molecule has 2 atom stereocenters. The Balaban J connectivity index is 1.75.